The molecule has 0 bridgehead atoms. The molecule has 0 spiro atoms. The summed E-state index contributed by atoms with van der Waals surface area (Å²) in [6.07, 6.45) is 7.02. The molecule has 0 N–H and O–H groups in total. The van der Waals surface area contributed by atoms with Crippen LogP contribution in [0.1, 0.15) is 109 Å². The molecule has 0 aromatic heterocycles. The molecule has 50 heavy (non-hydrogen) atoms. The maximum Gasteiger partial charge on any atom is 0.494 e. The molecule has 2 heterocycles. The second-order valence-electron chi connectivity index (χ2n) is 17.5. The molecule has 0 amide bonds. The molecule has 4 aromatic rings. The zero-order valence-corrected chi connectivity index (χ0v) is 31.5. The number of rotatable bonds is 8. The van der Waals surface area contributed by atoms with Gasteiger partial charge in [0.1, 0.15) is 0 Å². The number of unbranched alkanes of at least 4 members (excludes halogenated alkanes) is 1. The van der Waals surface area contributed by atoms with Crippen LogP contribution in [0.2, 0.25) is 0 Å². The number of fused-ring (bicyclic) bond motifs is 4. The van der Waals surface area contributed by atoms with E-state index in [1.165, 1.54) is 63.8 Å². The van der Waals surface area contributed by atoms with E-state index in [-0.39, 0.29) is 42.1 Å². The highest BCUT2D eigenvalue weighted by Crippen LogP contribution is 2.52. The van der Waals surface area contributed by atoms with Crippen molar-refractivity contribution in [3.8, 4) is 22.3 Å². The van der Waals surface area contributed by atoms with E-state index in [9.17, 15) is 0 Å². The Labute approximate surface area is 300 Å². The molecule has 0 radical (unpaired) electrons. The van der Waals surface area contributed by atoms with Gasteiger partial charge in [0, 0.05) is 5.41 Å². The lowest BCUT2D eigenvalue weighted by atomic mass is 9.71. The summed E-state index contributed by atoms with van der Waals surface area (Å²) in [6.45, 7) is 19.4. The molecule has 4 aromatic carbocycles. The van der Waals surface area contributed by atoms with Crippen molar-refractivity contribution in [3.05, 3.63) is 107 Å². The molecule has 2 aliphatic carbocycles. The fourth-order valence-electron chi connectivity index (χ4n) is 8.23. The van der Waals surface area contributed by atoms with Crippen LogP contribution in [0.3, 0.4) is 0 Å². The lowest BCUT2D eigenvalue weighted by Crippen LogP contribution is -2.41. The smallest absolute Gasteiger partial charge is 0.399 e. The highest BCUT2D eigenvalue weighted by atomic mass is 16.7. The van der Waals surface area contributed by atoms with Gasteiger partial charge in [-0.25, -0.2) is 0 Å². The molecule has 4 aliphatic rings. The fraction of sp³-hybridized carbons (Fsp3) is 0.455. The van der Waals surface area contributed by atoms with Crippen molar-refractivity contribution in [2.45, 2.75) is 129 Å². The topological polar surface area (TPSA) is 36.9 Å². The average Bonchev–Trinajstić information content (AvgIpc) is 3.54. The first-order chi connectivity index (χ1) is 23.6. The van der Waals surface area contributed by atoms with E-state index in [2.05, 4.69) is 141 Å². The molecule has 6 heteroatoms. The first-order valence-corrected chi connectivity index (χ1v) is 18.8. The summed E-state index contributed by atoms with van der Waals surface area (Å²) in [5, 5.41) is 0. The van der Waals surface area contributed by atoms with Gasteiger partial charge in [0.2, 0.25) is 0 Å². The lowest BCUT2D eigenvalue weighted by molar-refractivity contribution is 0.00578. The van der Waals surface area contributed by atoms with Crippen LogP contribution >= 0.6 is 0 Å². The van der Waals surface area contributed by atoms with E-state index in [0.29, 0.717) is 0 Å². The molecule has 2 aliphatic heterocycles. The SMILES string of the molecule is CC1(CCCCc2ccc3c(c2)CC3)c2cc(B3OC(C)(C)C(C)(C)O3)ccc2-c2ccc(-c3ccc(B4OC(C)(C)C(C)(C)O4)cc3)cc21. The van der Waals surface area contributed by atoms with Crippen molar-refractivity contribution < 1.29 is 18.6 Å². The van der Waals surface area contributed by atoms with Gasteiger partial charge < -0.3 is 18.6 Å². The Kier molecular flexibility index (Phi) is 7.94. The molecule has 2 fully saturated rings. The van der Waals surface area contributed by atoms with E-state index in [0.717, 1.165) is 30.2 Å². The van der Waals surface area contributed by atoms with Gasteiger partial charge in [-0.05, 0) is 155 Å². The lowest BCUT2D eigenvalue weighted by Gasteiger charge is -2.32. The zero-order chi connectivity index (χ0) is 35.3. The van der Waals surface area contributed by atoms with Crippen LogP contribution in [0, 0.1) is 0 Å². The van der Waals surface area contributed by atoms with E-state index in [1.54, 1.807) is 5.56 Å². The standard InChI is InChI=1S/C44H52B2O4/c1-40(2)41(3,4)48-45(47-40)34-20-17-31(18-21-34)33-19-23-36-37-24-22-35(46-49-42(5,6)43(7,8)50-46)28-39(37)44(9,38(36)27-33)25-11-10-12-29-13-14-30-15-16-32(30)26-29/h13-14,17-24,26-28H,10-12,15-16,25H2,1-9H3. The predicted molar refractivity (Wildman–Crippen MR) is 207 cm³/mol. The summed E-state index contributed by atoms with van der Waals surface area (Å²) in [6, 6.07) is 29.9. The Balaban J connectivity index is 1.09. The molecule has 1 atom stereocenters. The van der Waals surface area contributed by atoms with Gasteiger partial charge in [-0.15, -0.1) is 0 Å². The Morgan fingerprint density at radius 2 is 1.02 bits per heavy atom. The zero-order valence-electron chi connectivity index (χ0n) is 31.5. The van der Waals surface area contributed by atoms with Crippen LogP contribution in [0.25, 0.3) is 22.3 Å². The maximum atomic E-state index is 6.53. The molecule has 4 nitrogen and oxygen atoms in total. The fourth-order valence-corrected chi connectivity index (χ4v) is 8.23. The molecular formula is C44H52B2O4. The second kappa shape index (κ2) is 11.7. The quantitative estimate of drug-likeness (QED) is 0.139. The maximum absolute atomic E-state index is 6.53. The highest BCUT2D eigenvalue weighted by molar-refractivity contribution is 6.62. The third kappa shape index (κ3) is 5.53. The van der Waals surface area contributed by atoms with E-state index >= 15 is 0 Å². The Morgan fingerprint density at radius 3 is 1.60 bits per heavy atom. The minimum Gasteiger partial charge on any atom is -0.399 e. The van der Waals surface area contributed by atoms with Crippen LogP contribution < -0.4 is 10.9 Å². The van der Waals surface area contributed by atoms with E-state index < -0.39 is 0 Å². The van der Waals surface area contributed by atoms with Crippen molar-refractivity contribution in [2.75, 3.05) is 0 Å². The number of hydrogen-bond donors (Lipinski definition) is 0. The third-order valence-corrected chi connectivity index (χ3v) is 13.2. The third-order valence-electron chi connectivity index (χ3n) is 13.2. The van der Waals surface area contributed by atoms with Gasteiger partial charge in [-0.1, -0.05) is 86.1 Å². The largest absolute Gasteiger partial charge is 0.494 e. The highest BCUT2D eigenvalue weighted by Gasteiger charge is 2.53. The van der Waals surface area contributed by atoms with Crippen LogP contribution in [0.15, 0.2) is 78.9 Å². The molecular weight excluding hydrogens is 614 g/mol. The van der Waals surface area contributed by atoms with E-state index in [1.807, 2.05) is 0 Å². The first-order valence-electron chi connectivity index (χ1n) is 18.8. The number of aryl methyl sites for hydroxylation is 3. The van der Waals surface area contributed by atoms with Crippen molar-refractivity contribution in [1.29, 1.82) is 0 Å². The number of benzene rings is 4. The summed E-state index contributed by atoms with van der Waals surface area (Å²) < 4.78 is 25.7. The van der Waals surface area contributed by atoms with Crippen LogP contribution in [-0.4, -0.2) is 36.6 Å². The van der Waals surface area contributed by atoms with Gasteiger partial charge in [-0.2, -0.15) is 0 Å². The van der Waals surface area contributed by atoms with Crippen molar-refractivity contribution in [3.63, 3.8) is 0 Å². The van der Waals surface area contributed by atoms with Crippen LogP contribution in [-0.2, 0) is 43.3 Å². The average molecular weight is 667 g/mol. The van der Waals surface area contributed by atoms with Gasteiger partial charge in [0.25, 0.3) is 0 Å². The predicted octanol–water partition coefficient (Wildman–Crippen LogP) is 8.75. The minimum atomic E-state index is -0.382. The van der Waals surface area contributed by atoms with Crippen molar-refractivity contribution in [2.24, 2.45) is 0 Å². The van der Waals surface area contributed by atoms with Crippen molar-refractivity contribution >= 4 is 25.2 Å². The molecule has 0 saturated carbocycles. The summed E-state index contributed by atoms with van der Waals surface area (Å²) in [4.78, 5) is 0. The number of hydrogen-bond acceptors (Lipinski definition) is 4. The van der Waals surface area contributed by atoms with Crippen molar-refractivity contribution in [1.82, 2.24) is 0 Å². The van der Waals surface area contributed by atoms with Gasteiger partial charge in [-0.3, -0.25) is 0 Å². The molecule has 2 saturated heterocycles. The van der Waals surface area contributed by atoms with E-state index in [4.69, 9.17) is 18.6 Å². The Bertz CT molecular complexity index is 1930. The molecule has 258 valence electrons. The van der Waals surface area contributed by atoms with Gasteiger partial charge in [0.05, 0.1) is 22.4 Å². The summed E-state index contributed by atoms with van der Waals surface area (Å²) >= 11 is 0. The van der Waals surface area contributed by atoms with Crippen LogP contribution in [0.5, 0.6) is 0 Å². The summed E-state index contributed by atoms with van der Waals surface area (Å²) in [5.74, 6) is 0. The molecule has 1 unspecified atom stereocenters. The first kappa shape index (κ1) is 34.0. The monoisotopic (exact) mass is 666 g/mol. The van der Waals surface area contributed by atoms with Gasteiger partial charge in [0.15, 0.2) is 0 Å². The summed E-state index contributed by atoms with van der Waals surface area (Å²) in [7, 11) is -0.746. The Morgan fingerprint density at radius 1 is 0.500 bits per heavy atom. The molecule has 8 rings (SSSR count). The normalized spacial score (nSPS) is 23.4. The second-order valence-corrected chi connectivity index (χ2v) is 17.5. The summed E-state index contributed by atoms with van der Waals surface area (Å²) in [5.41, 5.74) is 13.0. The minimum absolute atomic E-state index is 0.136. The van der Waals surface area contributed by atoms with Gasteiger partial charge >= 0.3 is 14.2 Å². The van der Waals surface area contributed by atoms with Crippen LogP contribution in [0.4, 0.5) is 0 Å². The Hall–Kier alpha value is -3.15.